The van der Waals surface area contributed by atoms with Gasteiger partial charge in [-0.05, 0) is 59.9 Å². The second-order valence-corrected chi connectivity index (χ2v) is 5.43. The van der Waals surface area contributed by atoms with Gasteiger partial charge in [0, 0.05) is 28.2 Å². The lowest BCUT2D eigenvalue weighted by Gasteiger charge is -2.17. The van der Waals surface area contributed by atoms with Crippen LogP contribution < -0.4 is 5.32 Å². The first-order valence-corrected chi connectivity index (χ1v) is 6.92. The van der Waals surface area contributed by atoms with Gasteiger partial charge in [0.05, 0.1) is 0 Å². The molecule has 1 N–H and O–H groups in total. The summed E-state index contributed by atoms with van der Waals surface area (Å²) in [7, 11) is 2.13. The van der Waals surface area contributed by atoms with Gasteiger partial charge in [-0.3, -0.25) is 0 Å². The van der Waals surface area contributed by atoms with E-state index in [1.165, 1.54) is 9.13 Å². The Balaban J connectivity index is 2.48. The molecule has 4 heteroatoms. The Morgan fingerprint density at radius 1 is 1.44 bits per heavy atom. The van der Waals surface area contributed by atoms with Crippen molar-refractivity contribution in [3.05, 3.63) is 32.4 Å². The van der Waals surface area contributed by atoms with E-state index >= 15 is 0 Å². The van der Waals surface area contributed by atoms with Crippen molar-refractivity contribution < 1.29 is 0 Å². The lowest BCUT2D eigenvalue weighted by Crippen LogP contribution is -2.29. The quantitative estimate of drug-likeness (QED) is 0.625. The molecule has 0 aromatic heterocycles. The largest absolute Gasteiger partial charge is 0.316 e. The van der Waals surface area contributed by atoms with E-state index in [1.54, 1.807) is 0 Å². The summed E-state index contributed by atoms with van der Waals surface area (Å²) in [6.07, 6.45) is 0. The molecule has 1 aromatic carbocycles. The summed E-state index contributed by atoms with van der Waals surface area (Å²) in [5.41, 5.74) is 1.30. The highest BCUT2D eigenvalue weighted by Gasteiger charge is 2.04. The summed E-state index contributed by atoms with van der Waals surface area (Å²) in [6.45, 7) is 6.19. The maximum Gasteiger partial charge on any atom is 0.0409 e. The molecule has 0 aliphatic heterocycles. The first-order valence-electron chi connectivity index (χ1n) is 5.46. The van der Waals surface area contributed by atoms with Crippen molar-refractivity contribution in [2.24, 2.45) is 0 Å². The van der Waals surface area contributed by atoms with Crippen molar-refractivity contribution in [3.8, 4) is 0 Å². The minimum atomic E-state index is 0.815. The predicted octanol–water partition coefficient (Wildman–Crippen LogP) is 2.99. The van der Waals surface area contributed by atoms with Crippen molar-refractivity contribution in [2.45, 2.75) is 13.5 Å². The third-order valence-electron chi connectivity index (χ3n) is 2.37. The van der Waals surface area contributed by atoms with Crippen LogP contribution in [0.15, 0.2) is 18.2 Å². The Morgan fingerprint density at radius 3 is 2.88 bits per heavy atom. The summed E-state index contributed by atoms with van der Waals surface area (Å²) in [4.78, 5) is 2.30. The van der Waals surface area contributed by atoms with Crippen LogP contribution in [0.1, 0.15) is 12.5 Å². The normalized spacial score (nSPS) is 11.1. The van der Waals surface area contributed by atoms with Gasteiger partial charge in [0.15, 0.2) is 0 Å². The summed E-state index contributed by atoms with van der Waals surface area (Å²) >= 11 is 8.35. The van der Waals surface area contributed by atoms with Crippen LogP contribution in [-0.4, -0.2) is 31.6 Å². The maximum absolute atomic E-state index is 5.99. The zero-order chi connectivity index (χ0) is 12.0. The number of halogens is 2. The minimum absolute atomic E-state index is 0.815. The Hall–Kier alpha value is 0.160. The number of nitrogens with one attached hydrogen (secondary N) is 1. The average Bonchev–Trinajstić information content (AvgIpc) is 2.24. The molecule has 16 heavy (non-hydrogen) atoms. The molecular formula is C12H18ClIN2. The van der Waals surface area contributed by atoms with E-state index in [9.17, 15) is 0 Å². The van der Waals surface area contributed by atoms with Crippen LogP contribution in [0.5, 0.6) is 0 Å². The molecule has 0 fully saturated rings. The minimum Gasteiger partial charge on any atom is -0.316 e. The van der Waals surface area contributed by atoms with Crippen molar-refractivity contribution >= 4 is 34.2 Å². The zero-order valence-electron chi connectivity index (χ0n) is 9.76. The van der Waals surface area contributed by atoms with Gasteiger partial charge < -0.3 is 10.2 Å². The highest BCUT2D eigenvalue weighted by atomic mass is 127. The van der Waals surface area contributed by atoms with Crippen LogP contribution in [0.4, 0.5) is 0 Å². The summed E-state index contributed by atoms with van der Waals surface area (Å²) in [6, 6.07) is 6.05. The molecule has 1 rings (SSSR count). The SMILES string of the molecule is CCNCCN(C)Cc1cc(Cl)ccc1I. The van der Waals surface area contributed by atoms with Crippen molar-refractivity contribution in [1.29, 1.82) is 0 Å². The lowest BCUT2D eigenvalue weighted by atomic mass is 10.2. The molecule has 0 radical (unpaired) electrons. The molecule has 0 aliphatic rings. The number of hydrogen-bond acceptors (Lipinski definition) is 2. The fourth-order valence-corrected chi connectivity index (χ4v) is 2.18. The van der Waals surface area contributed by atoms with E-state index in [0.717, 1.165) is 31.2 Å². The van der Waals surface area contributed by atoms with Gasteiger partial charge in [-0.2, -0.15) is 0 Å². The monoisotopic (exact) mass is 352 g/mol. The fourth-order valence-electron chi connectivity index (χ4n) is 1.48. The number of hydrogen-bond donors (Lipinski definition) is 1. The molecule has 2 nitrogen and oxygen atoms in total. The van der Waals surface area contributed by atoms with Crippen molar-refractivity contribution in [2.75, 3.05) is 26.7 Å². The highest BCUT2D eigenvalue weighted by molar-refractivity contribution is 14.1. The molecule has 1 aromatic rings. The summed E-state index contributed by atoms with van der Waals surface area (Å²) < 4.78 is 1.28. The third kappa shape index (κ3) is 4.99. The molecule has 90 valence electrons. The van der Waals surface area contributed by atoms with E-state index in [-0.39, 0.29) is 0 Å². The van der Waals surface area contributed by atoms with Gasteiger partial charge in [0.25, 0.3) is 0 Å². The van der Waals surface area contributed by atoms with Gasteiger partial charge in [-0.25, -0.2) is 0 Å². The Kier molecular flexibility index (Phi) is 6.65. The highest BCUT2D eigenvalue weighted by Crippen LogP contribution is 2.18. The van der Waals surface area contributed by atoms with Gasteiger partial charge in [-0.1, -0.05) is 18.5 Å². The fraction of sp³-hybridized carbons (Fsp3) is 0.500. The Labute approximate surface area is 116 Å². The topological polar surface area (TPSA) is 15.3 Å². The lowest BCUT2D eigenvalue weighted by molar-refractivity contribution is 0.325. The molecule has 0 spiro atoms. The average molecular weight is 353 g/mol. The van der Waals surface area contributed by atoms with Crippen LogP contribution >= 0.6 is 34.2 Å². The second-order valence-electron chi connectivity index (χ2n) is 3.83. The van der Waals surface area contributed by atoms with Crippen LogP contribution in [0, 0.1) is 3.57 Å². The number of nitrogens with zero attached hydrogens (tertiary/aromatic N) is 1. The first-order chi connectivity index (χ1) is 7.63. The third-order valence-corrected chi connectivity index (χ3v) is 3.66. The number of benzene rings is 1. The van der Waals surface area contributed by atoms with Crippen molar-refractivity contribution in [1.82, 2.24) is 10.2 Å². The van der Waals surface area contributed by atoms with Crippen molar-refractivity contribution in [3.63, 3.8) is 0 Å². The van der Waals surface area contributed by atoms with Gasteiger partial charge >= 0.3 is 0 Å². The van der Waals surface area contributed by atoms with E-state index < -0.39 is 0 Å². The molecule has 0 unspecified atom stereocenters. The van der Waals surface area contributed by atoms with E-state index in [0.29, 0.717) is 0 Å². The van der Waals surface area contributed by atoms with Gasteiger partial charge in [0.2, 0.25) is 0 Å². The molecule has 0 amide bonds. The van der Waals surface area contributed by atoms with Crippen LogP contribution in [0.25, 0.3) is 0 Å². The maximum atomic E-state index is 5.99. The van der Waals surface area contributed by atoms with E-state index in [2.05, 4.69) is 52.8 Å². The Morgan fingerprint density at radius 2 is 2.19 bits per heavy atom. The molecule has 0 saturated heterocycles. The molecule has 0 heterocycles. The molecule has 0 bridgehead atoms. The first kappa shape index (κ1) is 14.2. The second kappa shape index (κ2) is 7.48. The van der Waals surface area contributed by atoms with Gasteiger partial charge in [-0.15, -0.1) is 0 Å². The van der Waals surface area contributed by atoms with Crippen LogP contribution in [0.3, 0.4) is 0 Å². The van der Waals surface area contributed by atoms with E-state index in [4.69, 9.17) is 11.6 Å². The molecule has 0 aliphatic carbocycles. The van der Waals surface area contributed by atoms with Crippen LogP contribution in [0.2, 0.25) is 5.02 Å². The standard InChI is InChI=1S/C12H18ClIN2/c1-3-15-6-7-16(2)9-10-8-11(13)4-5-12(10)14/h4-5,8,15H,3,6-7,9H2,1-2H3. The molecule has 0 atom stereocenters. The molecular weight excluding hydrogens is 335 g/mol. The summed E-state index contributed by atoms with van der Waals surface area (Å²) in [5, 5.41) is 4.14. The zero-order valence-corrected chi connectivity index (χ0v) is 12.7. The van der Waals surface area contributed by atoms with E-state index in [1.807, 2.05) is 12.1 Å². The summed E-state index contributed by atoms with van der Waals surface area (Å²) in [5.74, 6) is 0. The number of rotatable bonds is 6. The molecule has 0 saturated carbocycles. The Bertz CT molecular complexity index is 331. The van der Waals surface area contributed by atoms with Crippen LogP contribution in [-0.2, 0) is 6.54 Å². The smallest absolute Gasteiger partial charge is 0.0409 e. The predicted molar refractivity (Wildman–Crippen MR) is 79.0 cm³/mol. The van der Waals surface area contributed by atoms with Gasteiger partial charge in [0.1, 0.15) is 0 Å². The number of likely N-dealkylation sites (N-methyl/N-ethyl adjacent to an activating group) is 2.